The van der Waals surface area contributed by atoms with Crippen molar-refractivity contribution in [3.8, 4) is 0 Å². The Bertz CT molecular complexity index is 615. The van der Waals surface area contributed by atoms with E-state index in [4.69, 9.17) is 4.74 Å². The third-order valence-corrected chi connectivity index (χ3v) is 5.66. The van der Waals surface area contributed by atoms with Gasteiger partial charge in [0.05, 0.1) is 12.6 Å². The summed E-state index contributed by atoms with van der Waals surface area (Å²) in [5.41, 5.74) is 0.749. The lowest BCUT2D eigenvalue weighted by molar-refractivity contribution is -0.133. The molecule has 7 heteroatoms. The molecule has 138 valence electrons. The highest BCUT2D eigenvalue weighted by atomic mass is 16.5. The number of carbonyl (C=O) groups is 2. The monoisotopic (exact) mass is 348 g/mol. The van der Waals surface area contributed by atoms with Gasteiger partial charge in [0.2, 0.25) is 5.91 Å². The van der Waals surface area contributed by atoms with Crippen LogP contribution >= 0.6 is 0 Å². The van der Waals surface area contributed by atoms with Crippen molar-refractivity contribution in [3.63, 3.8) is 0 Å². The first-order valence-electron chi connectivity index (χ1n) is 9.49. The van der Waals surface area contributed by atoms with Crippen LogP contribution in [-0.2, 0) is 9.53 Å². The van der Waals surface area contributed by atoms with E-state index >= 15 is 0 Å². The molecule has 0 spiro atoms. The zero-order chi connectivity index (χ0) is 17.8. The number of ether oxygens (including phenoxy) is 1. The first-order chi connectivity index (χ1) is 12.1. The van der Waals surface area contributed by atoms with E-state index in [-0.39, 0.29) is 24.2 Å². The Morgan fingerprint density at radius 3 is 2.76 bits per heavy atom. The van der Waals surface area contributed by atoms with Crippen LogP contribution in [0.2, 0.25) is 0 Å². The van der Waals surface area contributed by atoms with E-state index in [1.54, 1.807) is 6.92 Å². The fraction of sp³-hybridized carbons (Fsp3) is 0.778. The van der Waals surface area contributed by atoms with E-state index in [2.05, 4.69) is 22.3 Å². The second-order valence-corrected chi connectivity index (χ2v) is 7.25. The number of aromatic nitrogens is 3. The van der Waals surface area contributed by atoms with Crippen molar-refractivity contribution in [2.75, 3.05) is 13.2 Å². The average Bonchev–Trinajstić information content (AvgIpc) is 3.25. The number of aromatic amines is 1. The molecule has 3 rings (SSSR count). The maximum atomic E-state index is 12.9. The van der Waals surface area contributed by atoms with Crippen LogP contribution in [-0.4, -0.2) is 45.3 Å². The van der Waals surface area contributed by atoms with E-state index in [9.17, 15) is 9.59 Å². The maximum absolute atomic E-state index is 12.9. The van der Waals surface area contributed by atoms with Gasteiger partial charge in [-0.2, -0.15) is 10.3 Å². The molecular weight excluding hydrogens is 320 g/mol. The first-order valence-corrected chi connectivity index (χ1v) is 9.49. The summed E-state index contributed by atoms with van der Waals surface area (Å²) in [7, 11) is 0. The van der Waals surface area contributed by atoms with Crippen molar-refractivity contribution in [3.05, 3.63) is 11.4 Å². The van der Waals surface area contributed by atoms with Crippen LogP contribution < -0.4 is 0 Å². The van der Waals surface area contributed by atoms with Crippen LogP contribution in [0, 0.1) is 11.8 Å². The fourth-order valence-electron chi connectivity index (χ4n) is 4.21. The Labute approximate surface area is 148 Å². The minimum Gasteiger partial charge on any atom is -0.461 e. The fourth-order valence-corrected chi connectivity index (χ4v) is 4.21. The van der Waals surface area contributed by atoms with Gasteiger partial charge < -0.3 is 9.64 Å². The molecule has 7 nitrogen and oxygen atoms in total. The number of hydrogen-bond acceptors (Lipinski definition) is 5. The summed E-state index contributed by atoms with van der Waals surface area (Å²) in [6.45, 7) is 5.03. The molecule has 0 radical (unpaired) electrons. The molecule has 1 aliphatic heterocycles. The Balaban J connectivity index is 1.71. The van der Waals surface area contributed by atoms with E-state index in [1.807, 2.05) is 4.90 Å². The van der Waals surface area contributed by atoms with Gasteiger partial charge in [-0.15, -0.1) is 5.10 Å². The largest absolute Gasteiger partial charge is 0.461 e. The Morgan fingerprint density at radius 1 is 1.20 bits per heavy atom. The van der Waals surface area contributed by atoms with Gasteiger partial charge in [0.25, 0.3) is 0 Å². The van der Waals surface area contributed by atoms with Crippen LogP contribution in [0.5, 0.6) is 0 Å². The number of hydrogen-bond donors (Lipinski definition) is 1. The number of nitrogens with one attached hydrogen (secondary N) is 1. The minimum atomic E-state index is -0.480. The molecule has 1 aromatic rings. The zero-order valence-corrected chi connectivity index (χ0v) is 15.2. The highest BCUT2D eigenvalue weighted by molar-refractivity contribution is 5.88. The number of rotatable bonds is 5. The Hall–Kier alpha value is -1.92. The summed E-state index contributed by atoms with van der Waals surface area (Å²) < 4.78 is 5.05. The molecule has 25 heavy (non-hydrogen) atoms. The minimum absolute atomic E-state index is 0.176. The van der Waals surface area contributed by atoms with Crippen LogP contribution in [0.25, 0.3) is 0 Å². The van der Waals surface area contributed by atoms with Crippen LogP contribution in [0.4, 0.5) is 0 Å². The van der Waals surface area contributed by atoms with Crippen molar-refractivity contribution in [1.82, 2.24) is 20.3 Å². The number of H-pyrrole nitrogens is 1. The highest BCUT2D eigenvalue weighted by Crippen LogP contribution is 2.36. The second-order valence-electron chi connectivity index (χ2n) is 7.25. The first kappa shape index (κ1) is 17.9. The van der Waals surface area contributed by atoms with Crippen molar-refractivity contribution in [2.45, 2.75) is 64.8 Å². The molecule has 1 aromatic heterocycles. The van der Waals surface area contributed by atoms with E-state index in [0.717, 1.165) is 25.8 Å². The summed E-state index contributed by atoms with van der Waals surface area (Å²) in [6, 6.07) is -0.176. The summed E-state index contributed by atoms with van der Waals surface area (Å²) in [4.78, 5) is 26.9. The normalized spacial score (nSPS) is 26.6. The number of esters is 1. The van der Waals surface area contributed by atoms with Gasteiger partial charge in [-0.3, -0.25) is 4.79 Å². The topological polar surface area (TPSA) is 88.2 Å². The molecule has 1 saturated carbocycles. The molecule has 0 aromatic carbocycles. The summed E-state index contributed by atoms with van der Waals surface area (Å²) >= 11 is 0. The number of nitrogens with zero attached hydrogens (tertiary/aromatic N) is 3. The van der Waals surface area contributed by atoms with E-state index in [0.29, 0.717) is 24.0 Å². The molecule has 3 unspecified atom stereocenters. The van der Waals surface area contributed by atoms with Gasteiger partial charge in [0.15, 0.2) is 5.69 Å². The molecule has 3 atom stereocenters. The standard InChI is InChI=1S/C18H28N4O3/c1-3-25-18(24)17-16(19-21-20-17)14-9-6-10-22(14)15(23)11-13-8-5-4-7-12(13)2/h12-14H,3-11H2,1-2H3,(H,19,20,21). The molecule has 2 heterocycles. The van der Waals surface area contributed by atoms with Crippen molar-refractivity contribution in [1.29, 1.82) is 0 Å². The van der Waals surface area contributed by atoms with Crippen molar-refractivity contribution < 1.29 is 14.3 Å². The Kier molecular flexibility index (Phi) is 5.71. The number of likely N-dealkylation sites (tertiary alicyclic amines) is 1. The quantitative estimate of drug-likeness (QED) is 0.827. The molecule has 2 fully saturated rings. The molecule has 1 N–H and O–H groups in total. The molecule has 1 saturated heterocycles. The van der Waals surface area contributed by atoms with Crippen molar-refractivity contribution in [2.24, 2.45) is 11.8 Å². The van der Waals surface area contributed by atoms with Gasteiger partial charge in [-0.1, -0.05) is 26.2 Å². The molecule has 2 aliphatic rings. The Morgan fingerprint density at radius 2 is 2.00 bits per heavy atom. The molecule has 0 bridgehead atoms. The summed E-state index contributed by atoms with van der Waals surface area (Å²) in [6.07, 6.45) is 7.20. The molecule has 1 aliphatic carbocycles. The van der Waals surface area contributed by atoms with Crippen LogP contribution in [0.1, 0.15) is 81.0 Å². The van der Waals surface area contributed by atoms with Crippen molar-refractivity contribution >= 4 is 11.9 Å². The third-order valence-electron chi connectivity index (χ3n) is 5.66. The van der Waals surface area contributed by atoms with Gasteiger partial charge in [-0.05, 0) is 38.0 Å². The molecular formula is C18H28N4O3. The predicted molar refractivity (Wildman–Crippen MR) is 91.8 cm³/mol. The van der Waals surface area contributed by atoms with Gasteiger partial charge in [-0.25, -0.2) is 4.79 Å². The van der Waals surface area contributed by atoms with E-state index in [1.165, 1.54) is 19.3 Å². The summed E-state index contributed by atoms with van der Waals surface area (Å²) in [5.74, 6) is 0.788. The van der Waals surface area contributed by atoms with Gasteiger partial charge in [0, 0.05) is 13.0 Å². The predicted octanol–water partition coefficient (Wildman–Crippen LogP) is 2.86. The second kappa shape index (κ2) is 7.97. The number of carbonyl (C=O) groups excluding carboxylic acids is 2. The number of amides is 1. The van der Waals surface area contributed by atoms with Gasteiger partial charge in [0.1, 0.15) is 5.69 Å². The van der Waals surface area contributed by atoms with Crippen LogP contribution in [0.3, 0.4) is 0 Å². The maximum Gasteiger partial charge on any atom is 0.360 e. The average molecular weight is 348 g/mol. The zero-order valence-electron chi connectivity index (χ0n) is 15.2. The highest BCUT2D eigenvalue weighted by Gasteiger charge is 2.36. The smallest absolute Gasteiger partial charge is 0.360 e. The lowest BCUT2D eigenvalue weighted by Gasteiger charge is -2.31. The lowest BCUT2D eigenvalue weighted by Crippen LogP contribution is -2.34. The molecule has 1 amide bonds. The van der Waals surface area contributed by atoms with Crippen LogP contribution in [0.15, 0.2) is 0 Å². The van der Waals surface area contributed by atoms with E-state index < -0.39 is 5.97 Å². The SMILES string of the molecule is CCOC(=O)c1n[nH]nc1C1CCCN1C(=O)CC1CCCCC1C. The third kappa shape index (κ3) is 3.85. The lowest BCUT2D eigenvalue weighted by atomic mass is 9.78. The summed E-state index contributed by atoms with van der Waals surface area (Å²) in [5, 5.41) is 10.6. The van der Waals surface area contributed by atoms with Gasteiger partial charge >= 0.3 is 5.97 Å².